The molecule has 9 heteroatoms. The minimum Gasteiger partial charge on any atom is -0.508 e. The molecule has 0 radical (unpaired) electrons. The molecule has 0 aromatic heterocycles. The summed E-state index contributed by atoms with van der Waals surface area (Å²) < 4.78 is 0. The zero-order valence-corrected chi connectivity index (χ0v) is 13.5. The molecule has 0 saturated carbocycles. The first-order valence-corrected chi connectivity index (χ1v) is 7.43. The van der Waals surface area contributed by atoms with Gasteiger partial charge in [0, 0.05) is 13.0 Å². The maximum atomic E-state index is 12.3. The smallest absolute Gasteiger partial charge is 0.240 e. The highest BCUT2D eigenvalue weighted by Gasteiger charge is 2.23. The maximum absolute atomic E-state index is 12.3. The van der Waals surface area contributed by atoms with Gasteiger partial charge in [0.05, 0.1) is 6.04 Å². The largest absolute Gasteiger partial charge is 0.508 e. The number of hydrogen-bond acceptors (Lipinski definition) is 5. The number of hydrogen-bond donors (Lipinski definition) is 6. The monoisotopic (exact) mass is 336 g/mol. The predicted octanol–water partition coefficient (Wildman–Crippen LogP) is -1.84. The number of benzene rings is 1. The molecule has 0 aliphatic heterocycles. The van der Waals surface area contributed by atoms with Crippen molar-refractivity contribution in [2.45, 2.75) is 24.9 Å². The summed E-state index contributed by atoms with van der Waals surface area (Å²) in [6, 6.07) is 4.90. The van der Waals surface area contributed by atoms with Gasteiger partial charge < -0.3 is 32.9 Å². The van der Waals surface area contributed by atoms with E-state index in [9.17, 15) is 14.7 Å². The molecule has 2 amide bonds. The van der Waals surface area contributed by atoms with Crippen LogP contribution >= 0.6 is 0 Å². The van der Waals surface area contributed by atoms with Crippen molar-refractivity contribution in [2.75, 3.05) is 13.6 Å². The standard InChI is InChI=1S/C15H24N6O3/c1-19-11(6-7-20-15(17)18)14(24)21-12(13(16)23)8-9-2-4-10(22)5-3-9/h2-5,11-12,19,22H,6-8H2,1H3,(H2,16,23)(H,21,24)(H4,17,18,20)/t11-,12-/m0/s1. The number of rotatable bonds is 9. The van der Waals surface area contributed by atoms with Crippen LogP contribution in [0.4, 0.5) is 0 Å². The number of aliphatic imine (C=N–C) groups is 1. The third-order valence-corrected chi connectivity index (χ3v) is 3.41. The lowest BCUT2D eigenvalue weighted by Crippen LogP contribution is -2.52. The fourth-order valence-electron chi connectivity index (χ4n) is 2.09. The fraction of sp³-hybridized carbons (Fsp3) is 0.400. The Kier molecular flexibility index (Phi) is 7.50. The number of nitrogens with one attached hydrogen (secondary N) is 2. The molecule has 1 rings (SSSR count). The van der Waals surface area contributed by atoms with E-state index in [1.54, 1.807) is 19.2 Å². The molecule has 132 valence electrons. The summed E-state index contributed by atoms with van der Waals surface area (Å²) in [7, 11) is 1.62. The van der Waals surface area contributed by atoms with Gasteiger partial charge >= 0.3 is 0 Å². The zero-order valence-electron chi connectivity index (χ0n) is 13.5. The van der Waals surface area contributed by atoms with Gasteiger partial charge in [-0.2, -0.15) is 0 Å². The second-order valence-electron chi connectivity index (χ2n) is 5.27. The van der Waals surface area contributed by atoms with Gasteiger partial charge in [-0.3, -0.25) is 14.6 Å². The van der Waals surface area contributed by atoms with E-state index < -0.39 is 18.0 Å². The van der Waals surface area contributed by atoms with Gasteiger partial charge in [0.1, 0.15) is 11.8 Å². The van der Waals surface area contributed by atoms with Crippen LogP contribution in [0.5, 0.6) is 5.75 Å². The molecule has 9 nitrogen and oxygen atoms in total. The summed E-state index contributed by atoms with van der Waals surface area (Å²) >= 11 is 0. The van der Waals surface area contributed by atoms with E-state index in [0.29, 0.717) is 6.42 Å². The fourth-order valence-corrected chi connectivity index (χ4v) is 2.09. The molecule has 0 bridgehead atoms. The SMILES string of the molecule is CN[C@@H](CCN=C(N)N)C(=O)N[C@@H](Cc1ccc(O)cc1)C(N)=O. The first-order chi connectivity index (χ1) is 11.3. The highest BCUT2D eigenvalue weighted by Crippen LogP contribution is 2.11. The van der Waals surface area contributed by atoms with Gasteiger partial charge in [-0.05, 0) is 31.2 Å². The lowest BCUT2D eigenvalue weighted by molar-refractivity contribution is -0.128. The Morgan fingerprint density at radius 1 is 1.17 bits per heavy atom. The molecule has 0 unspecified atom stereocenters. The van der Waals surface area contributed by atoms with E-state index in [1.807, 2.05) is 0 Å². The Labute approximate surface area is 140 Å². The molecule has 1 aromatic rings. The van der Waals surface area contributed by atoms with Gasteiger partial charge in [-0.25, -0.2) is 0 Å². The number of phenolic OH excluding ortho intramolecular Hbond substituents is 1. The molecule has 1 aromatic carbocycles. The van der Waals surface area contributed by atoms with E-state index in [4.69, 9.17) is 17.2 Å². The lowest BCUT2D eigenvalue weighted by atomic mass is 10.0. The van der Waals surface area contributed by atoms with E-state index in [0.717, 1.165) is 5.56 Å². The number of likely N-dealkylation sites (N-methyl/N-ethyl adjacent to an activating group) is 1. The molecule has 2 atom stereocenters. The number of nitrogens with two attached hydrogens (primary N) is 3. The van der Waals surface area contributed by atoms with E-state index in [1.165, 1.54) is 12.1 Å². The number of guanidine groups is 1. The van der Waals surface area contributed by atoms with Crippen molar-refractivity contribution < 1.29 is 14.7 Å². The summed E-state index contributed by atoms with van der Waals surface area (Å²) in [5.74, 6) is -0.942. The molecule has 0 fully saturated rings. The van der Waals surface area contributed by atoms with Crippen molar-refractivity contribution >= 4 is 17.8 Å². The topological polar surface area (TPSA) is 169 Å². The van der Waals surface area contributed by atoms with Crippen LogP contribution in [0, 0.1) is 0 Å². The summed E-state index contributed by atoms with van der Waals surface area (Å²) in [5, 5.41) is 14.7. The summed E-state index contributed by atoms with van der Waals surface area (Å²) in [6.07, 6.45) is 0.594. The van der Waals surface area contributed by atoms with Crippen LogP contribution in [0.25, 0.3) is 0 Å². The minimum atomic E-state index is -0.860. The lowest BCUT2D eigenvalue weighted by Gasteiger charge is -2.20. The Morgan fingerprint density at radius 2 is 1.79 bits per heavy atom. The second kappa shape index (κ2) is 9.36. The number of phenols is 1. The van der Waals surface area contributed by atoms with Gasteiger partial charge in [0.15, 0.2) is 5.96 Å². The molecule has 0 aliphatic rings. The Morgan fingerprint density at radius 3 is 2.29 bits per heavy atom. The van der Waals surface area contributed by atoms with Gasteiger partial charge in [0.2, 0.25) is 11.8 Å². The number of carbonyl (C=O) groups excluding carboxylic acids is 2. The van der Waals surface area contributed by atoms with Crippen molar-refractivity contribution in [3.05, 3.63) is 29.8 Å². The first kappa shape index (κ1) is 19.2. The third kappa shape index (κ3) is 6.53. The Balaban J connectivity index is 2.68. The van der Waals surface area contributed by atoms with Crippen molar-refractivity contribution in [1.82, 2.24) is 10.6 Å². The summed E-state index contributed by atoms with van der Waals surface area (Å²) in [5.41, 5.74) is 16.6. The van der Waals surface area contributed by atoms with Crippen LogP contribution in [0.15, 0.2) is 29.3 Å². The molecular formula is C15H24N6O3. The predicted molar refractivity (Wildman–Crippen MR) is 91.1 cm³/mol. The van der Waals surface area contributed by atoms with Crippen LogP contribution in [0.1, 0.15) is 12.0 Å². The second-order valence-corrected chi connectivity index (χ2v) is 5.27. The van der Waals surface area contributed by atoms with Crippen LogP contribution in [0.3, 0.4) is 0 Å². The van der Waals surface area contributed by atoms with Crippen LogP contribution < -0.4 is 27.8 Å². The van der Waals surface area contributed by atoms with Crippen molar-refractivity contribution in [3.8, 4) is 5.75 Å². The van der Waals surface area contributed by atoms with Crippen molar-refractivity contribution in [2.24, 2.45) is 22.2 Å². The molecule has 24 heavy (non-hydrogen) atoms. The summed E-state index contributed by atoms with van der Waals surface area (Å²) in [4.78, 5) is 27.7. The zero-order chi connectivity index (χ0) is 18.1. The van der Waals surface area contributed by atoms with Crippen LogP contribution in [0.2, 0.25) is 0 Å². The van der Waals surface area contributed by atoms with E-state index >= 15 is 0 Å². The van der Waals surface area contributed by atoms with Gasteiger partial charge in [0.25, 0.3) is 0 Å². The molecule has 0 aliphatic carbocycles. The normalized spacial score (nSPS) is 12.9. The quantitative estimate of drug-likeness (QED) is 0.228. The highest BCUT2D eigenvalue weighted by atomic mass is 16.3. The average molecular weight is 336 g/mol. The van der Waals surface area contributed by atoms with Crippen LogP contribution in [-0.2, 0) is 16.0 Å². The van der Waals surface area contributed by atoms with Crippen molar-refractivity contribution in [1.29, 1.82) is 0 Å². The molecular weight excluding hydrogens is 312 g/mol. The Bertz CT molecular complexity index is 583. The molecule has 0 saturated heterocycles. The van der Waals surface area contributed by atoms with Gasteiger partial charge in [-0.15, -0.1) is 0 Å². The molecule has 0 heterocycles. The number of carbonyl (C=O) groups is 2. The third-order valence-electron chi connectivity index (χ3n) is 3.41. The number of amides is 2. The van der Waals surface area contributed by atoms with Crippen molar-refractivity contribution in [3.63, 3.8) is 0 Å². The highest BCUT2D eigenvalue weighted by molar-refractivity contribution is 5.89. The Hall–Kier alpha value is -2.81. The molecule has 0 spiro atoms. The van der Waals surface area contributed by atoms with Gasteiger partial charge in [-0.1, -0.05) is 12.1 Å². The maximum Gasteiger partial charge on any atom is 0.240 e. The van der Waals surface area contributed by atoms with Crippen LogP contribution in [-0.4, -0.2) is 48.6 Å². The average Bonchev–Trinajstić information content (AvgIpc) is 2.52. The number of primary amides is 1. The van der Waals surface area contributed by atoms with E-state index in [-0.39, 0.29) is 30.6 Å². The molecule has 9 N–H and O–H groups in total. The van der Waals surface area contributed by atoms with E-state index in [2.05, 4.69) is 15.6 Å². The summed E-state index contributed by atoms with van der Waals surface area (Å²) in [6.45, 7) is 0.278. The minimum absolute atomic E-state index is 0.0485. The number of nitrogens with zero attached hydrogens (tertiary/aromatic N) is 1. The number of aromatic hydroxyl groups is 1. The first-order valence-electron chi connectivity index (χ1n) is 7.43.